The van der Waals surface area contributed by atoms with E-state index < -0.39 is 23.7 Å². The van der Waals surface area contributed by atoms with Crippen molar-refractivity contribution in [1.82, 2.24) is 4.90 Å². The second kappa shape index (κ2) is 6.11. The number of carbonyl (C=O) groups is 2. The monoisotopic (exact) mass is 294 g/mol. The Labute approximate surface area is 122 Å². The number of carboxylic acids is 1. The van der Waals surface area contributed by atoms with Crippen molar-refractivity contribution in [2.24, 2.45) is 5.92 Å². The van der Waals surface area contributed by atoms with Crippen LogP contribution in [0.15, 0.2) is 18.2 Å². The molecule has 0 saturated carbocycles. The van der Waals surface area contributed by atoms with E-state index in [2.05, 4.69) is 0 Å². The minimum absolute atomic E-state index is 0.134. The van der Waals surface area contributed by atoms with Crippen LogP contribution in [0.1, 0.15) is 36.5 Å². The maximum atomic E-state index is 13.9. The van der Waals surface area contributed by atoms with E-state index in [0.717, 1.165) is 18.9 Å². The van der Waals surface area contributed by atoms with Gasteiger partial charge in [0.15, 0.2) is 0 Å². The van der Waals surface area contributed by atoms with E-state index in [9.17, 15) is 19.1 Å². The number of halogens is 1. The molecule has 1 aromatic rings. The van der Waals surface area contributed by atoms with Gasteiger partial charge in [-0.15, -0.1) is 0 Å². The lowest BCUT2D eigenvalue weighted by atomic mass is 9.88. The fraction of sp³-hybridized carbons (Fsp3) is 0.467. The van der Waals surface area contributed by atoms with E-state index in [0.29, 0.717) is 13.0 Å². The summed E-state index contributed by atoms with van der Waals surface area (Å²) in [5, 5.41) is 9.32. The molecule has 1 heterocycles. The summed E-state index contributed by atoms with van der Waals surface area (Å²) < 4.78 is 13.9. The average Bonchev–Trinajstić information content (AvgIpc) is 2.46. The van der Waals surface area contributed by atoms with Crippen LogP contribution in [0.5, 0.6) is 0 Å². The Hall–Kier alpha value is -2.11. The summed E-state index contributed by atoms with van der Waals surface area (Å²) in [6, 6.07) is 2.91. The Morgan fingerprint density at radius 2 is 2.19 bits per heavy atom. The van der Waals surface area contributed by atoms with Crippen LogP contribution in [-0.4, -0.2) is 34.5 Å². The molecule has 1 saturated heterocycles. The summed E-state index contributed by atoms with van der Waals surface area (Å²) in [5.74, 6) is -2.07. The zero-order valence-electron chi connectivity index (χ0n) is 11.9. The van der Waals surface area contributed by atoms with Crippen molar-refractivity contribution in [2.75, 3.05) is 12.3 Å². The number of carboxylic acid groups (broad SMARTS) is 1. The summed E-state index contributed by atoms with van der Waals surface area (Å²) in [4.78, 5) is 25.1. The molecule has 0 aliphatic carbocycles. The number of rotatable bonds is 3. The molecule has 6 heteroatoms. The van der Waals surface area contributed by atoms with Gasteiger partial charge < -0.3 is 15.7 Å². The Morgan fingerprint density at radius 1 is 1.48 bits per heavy atom. The number of likely N-dealkylation sites (tertiary alicyclic amines) is 1. The second-order valence-corrected chi connectivity index (χ2v) is 5.39. The van der Waals surface area contributed by atoms with Crippen molar-refractivity contribution >= 4 is 17.6 Å². The molecule has 21 heavy (non-hydrogen) atoms. The van der Waals surface area contributed by atoms with Crippen LogP contribution in [0.4, 0.5) is 10.1 Å². The number of amides is 1. The molecule has 1 aliphatic heterocycles. The van der Waals surface area contributed by atoms with Gasteiger partial charge in [-0.1, -0.05) is 13.3 Å². The first kappa shape index (κ1) is 15.3. The minimum Gasteiger partial charge on any atom is -0.480 e. The number of aliphatic carboxylic acids is 1. The number of benzene rings is 1. The number of piperidine rings is 1. The van der Waals surface area contributed by atoms with E-state index in [1.54, 1.807) is 0 Å². The van der Waals surface area contributed by atoms with Crippen LogP contribution in [-0.2, 0) is 4.79 Å². The van der Waals surface area contributed by atoms with Gasteiger partial charge in [-0.05, 0) is 37.0 Å². The van der Waals surface area contributed by atoms with Crippen molar-refractivity contribution in [3.63, 3.8) is 0 Å². The molecular formula is C15H19FN2O3. The fourth-order valence-electron chi connectivity index (χ4n) is 2.75. The highest BCUT2D eigenvalue weighted by Gasteiger charge is 2.36. The first-order chi connectivity index (χ1) is 9.93. The zero-order chi connectivity index (χ0) is 15.6. The van der Waals surface area contributed by atoms with Crippen molar-refractivity contribution in [1.29, 1.82) is 0 Å². The lowest BCUT2D eigenvalue weighted by molar-refractivity contribution is -0.144. The number of hydrogen-bond acceptors (Lipinski definition) is 3. The van der Waals surface area contributed by atoms with Gasteiger partial charge in [0.05, 0.1) is 5.56 Å². The van der Waals surface area contributed by atoms with Gasteiger partial charge in [0.1, 0.15) is 11.9 Å². The summed E-state index contributed by atoms with van der Waals surface area (Å²) in [5.41, 5.74) is 5.55. The summed E-state index contributed by atoms with van der Waals surface area (Å²) in [6.07, 6.45) is 2.03. The predicted molar refractivity (Wildman–Crippen MR) is 76.3 cm³/mol. The number of hydrogen-bond donors (Lipinski definition) is 2. The molecule has 0 radical (unpaired) electrons. The first-order valence-electron chi connectivity index (χ1n) is 7.02. The number of nitrogens with zero attached hydrogens (tertiary/aromatic N) is 1. The number of nitrogens with two attached hydrogens (primary N) is 1. The van der Waals surface area contributed by atoms with Crippen LogP contribution < -0.4 is 5.73 Å². The highest BCUT2D eigenvalue weighted by Crippen LogP contribution is 2.27. The normalized spacial score (nSPS) is 22.1. The average molecular weight is 294 g/mol. The summed E-state index contributed by atoms with van der Waals surface area (Å²) >= 11 is 0. The van der Waals surface area contributed by atoms with E-state index in [4.69, 9.17) is 5.73 Å². The Balaban J connectivity index is 2.26. The quantitative estimate of drug-likeness (QED) is 0.836. The molecule has 0 spiro atoms. The lowest BCUT2D eigenvalue weighted by Crippen LogP contribution is -2.50. The van der Waals surface area contributed by atoms with E-state index >= 15 is 0 Å². The molecule has 0 aromatic heterocycles. The SMILES string of the molecule is CCC1CCN(C(=O)c2ccc(N)cc2F)C(C(=O)O)C1. The molecule has 1 fully saturated rings. The summed E-state index contributed by atoms with van der Waals surface area (Å²) in [6.45, 7) is 2.33. The zero-order valence-corrected chi connectivity index (χ0v) is 11.9. The topological polar surface area (TPSA) is 83.6 Å². The number of anilines is 1. The second-order valence-electron chi connectivity index (χ2n) is 5.39. The molecule has 114 valence electrons. The highest BCUT2D eigenvalue weighted by molar-refractivity contribution is 5.97. The molecule has 1 aromatic carbocycles. The molecule has 2 rings (SSSR count). The van der Waals surface area contributed by atoms with Crippen molar-refractivity contribution in [2.45, 2.75) is 32.2 Å². The molecule has 3 N–H and O–H groups in total. The standard InChI is InChI=1S/C15H19FN2O3/c1-2-9-5-6-18(13(7-9)15(20)21)14(19)11-4-3-10(17)8-12(11)16/h3-4,8-9,13H,2,5-7,17H2,1H3,(H,20,21). The third kappa shape index (κ3) is 3.15. The minimum atomic E-state index is -1.04. The highest BCUT2D eigenvalue weighted by atomic mass is 19.1. The lowest BCUT2D eigenvalue weighted by Gasteiger charge is -2.37. The number of nitrogen functional groups attached to an aromatic ring is 1. The van der Waals surface area contributed by atoms with Crippen LogP contribution >= 0.6 is 0 Å². The molecule has 5 nitrogen and oxygen atoms in total. The largest absolute Gasteiger partial charge is 0.480 e. The third-order valence-corrected chi connectivity index (χ3v) is 4.06. The fourth-order valence-corrected chi connectivity index (χ4v) is 2.75. The van der Waals surface area contributed by atoms with E-state index in [1.165, 1.54) is 17.0 Å². The van der Waals surface area contributed by atoms with Crippen molar-refractivity contribution in [3.8, 4) is 0 Å². The summed E-state index contributed by atoms with van der Waals surface area (Å²) in [7, 11) is 0. The van der Waals surface area contributed by atoms with Crippen LogP contribution in [0, 0.1) is 11.7 Å². The maximum Gasteiger partial charge on any atom is 0.326 e. The molecule has 2 atom stereocenters. The predicted octanol–water partition coefficient (Wildman–Crippen LogP) is 2.12. The van der Waals surface area contributed by atoms with Crippen LogP contribution in [0.25, 0.3) is 0 Å². The van der Waals surface area contributed by atoms with E-state index in [-0.39, 0.29) is 17.2 Å². The van der Waals surface area contributed by atoms with Crippen LogP contribution in [0.3, 0.4) is 0 Å². The van der Waals surface area contributed by atoms with Gasteiger partial charge in [0, 0.05) is 12.2 Å². The smallest absolute Gasteiger partial charge is 0.326 e. The molecule has 1 aliphatic rings. The van der Waals surface area contributed by atoms with Gasteiger partial charge in [-0.2, -0.15) is 0 Å². The number of carbonyl (C=O) groups excluding carboxylic acids is 1. The molecular weight excluding hydrogens is 275 g/mol. The third-order valence-electron chi connectivity index (χ3n) is 4.06. The Bertz CT molecular complexity index is 562. The van der Waals surface area contributed by atoms with Gasteiger partial charge in [-0.25, -0.2) is 9.18 Å². The van der Waals surface area contributed by atoms with Crippen LogP contribution in [0.2, 0.25) is 0 Å². The van der Waals surface area contributed by atoms with Crippen molar-refractivity contribution < 1.29 is 19.1 Å². The van der Waals surface area contributed by atoms with Gasteiger partial charge in [0.25, 0.3) is 5.91 Å². The van der Waals surface area contributed by atoms with Crippen molar-refractivity contribution in [3.05, 3.63) is 29.6 Å². The van der Waals surface area contributed by atoms with Gasteiger partial charge in [0.2, 0.25) is 0 Å². The Kier molecular flexibility index (Phi) is 4.45. The Morgan fingerprint density at radius 3 is 2.76 bits per heavy atom. The van der Waals surface area contributed by atoms with Gasteiger partial charge >= 0.3 is 5.97 Å². The first-order valence-corrected chi connectivity index (χ1v) is 7.02. The van der Waals surface area contributed by atoms with Gasteiger partial charge in [-0.3, -0.25) is 4.79 Å². The maximum absolute atomic E-state index is 13.9. The molecule has 0 bridgehead atoms. The molecule has 1 amide bonds. The molecule has 2 unspecified atom stereocenters. The van der Waals surface area contributed by atoms with E-state index in [1.807, 2.05) is 6.92 Å².